The quantitative estimate of drug-likeness (QED) is 0.694. The van der Waals surface area contributed by atoms with Crippen molar-refractivity contribution in [2.45, 2.75) is 51.9 Å². The van der Waals surface area contributed by atoms with E-state index in [2.05, 4.69) is 13.0 Å². The Bertz CT molecular complexity index is 350. The monoisotopic (exact) mass is 236 g/mol. The average Bonchev–Trinajstić information content (AvgIpc) is 2.84. The van der Waals surface area contributed by atoms with Crippen LogP contribution in [0.4, 0.5) is 0 Å². The van der Waals surface area contributed by atoms with E-state index in [0.29, 0.717) is 0 Å². The first-order chi connectivity index (χ1) is 8.06. The molecule has 2 aliphatic heterocycles. The van der Waals surface area contributed by atoms with Gasteiger partial charge in [0.15, 0.2) is 0 Å². The molecule has 2 aliphatic rings. The maximum atomic E-state index is 12.5. The summed E-state index contributed by atoms with van der Waals surface area (Å²) in [5.74, 6) is 0.259. The van der Waals surface area contributed by atoms with E-state index in [0.717, 1.165) is 19.4 Å². The Morgan fingerprint density at radius 2 is 2.06 bits per heavy atom. The molecule has 4 heteroatoms. The van der Waals surface area contributed by atoms with Gasteiger partial charge in [0.25, 0.3) is 0 Å². The van der Waals surface area contributed by atoms with Crippen LogP contribution in [0.3, 0.4) is 0 Å². The van der Waals surface area contributed by atoms with E-state index in [1.165, 1.54) is 0 Å². The van der Waals surface area contributed by atoms with Crippen molar-refractivity contribution in [1.82, 2.24) is 4.90 Å². The van der Waals surface area contributed by atoms with Gasteiger partial charge < -0.3 is 9.64 Å². The van der Waals surface area contributed by atoms with Gasteiger partial charge in [0.2, 0.25) is 5.91 Å². The number of hydrogen-bond donors (Lipinski definition) is 0. The molecular formula is C13H20N2O2. The lowest BCUT2D eigenvalue weighted by Gasteiger charge is -2.26. The van der Waals surface area contributed by atoms with Crippen LogP contribution in [0.15, 0.2) is 0 Å². The van der Waals surface area contributed by atoms with Crippen molar-refractivity contribution in [1.29, 1.82) is 5.26 Å². The second-order valence-corrected chi connectivity index (χ2v) is 5.25. The highest BCUT2D eigenvalue weighted by molar-refractivity contribution is 5.81. The van der Waals surface area contributed by atoms with Crippen LogP contribution in [0, 0.1) is 23.2 Å². The maximum absolute atomic E-state index is 12.5. The third-order valence-electron chi connectivity index (χ3n) is 4.21. The minimum atomic E-state index is -0.224. The molecule has 0 aliphatic carbocycles. The normalized spacial score (nSPS) is 41.5. The van der Waals surface area contributed by atoms with Gasteiger partial charge in [0.05, 0.1) is 24.2 Å². The molecule has 0 aromatic rings. The van der Waals surface area contributed by atoms with E-state index in [9.17, 15) is 4.79 Å². The summed E-state index contributed by atoms with van der Waals surface area (Å²) in [7, 11) is 0. The molecule has 4 nitrogen and oxygen atoms in total. The zero-order valence-electron chi connectivity index (χ0n) is 10.7. The number of hydrogen-bond acceptors (Lipinski definition) is 3. The first-order valence-electron chi connectivity index (χ1n) is 6.41. The molecule has 5 unspecified atom stereocenters. The van der Waals surface area contributed by atoms with E-state index in [1.54, 1.807) is 4.90 Å². The van der Waals surface area contributed by atoms with Crippen LogP contribution in [0.5, 0.6) is 0 Å². The summed E-state index contributed by atoms with van der Waals surface area (Å²) >= 11 is 0. The highest BCUT2D eigenvalue weighted by Crippen LogP contribution is 2.35. The molecule has 0 radical (unpaired) electrons. The van der Waals surface area contributed by atoms with Gasteiger partial charge in [-0.3, -0.25) is 4.79 Å². The summed E-state index contributed by atoms with van der Waals surface area (Å²) < 4.78 is 5.71. The molecular weight excluding hydrogens is 216 g/mol. The van der Waals surface area contributed by atoms with Crippen LogP contribution in [-0.4, -0.2) is 35.6 Å². The van der Waals surface area contributed by atoms with Crippen LogP contribution in [-0.2, 0) is 9.53 Å². The van der Waals surface area contributed by atoms with Crippen molar-refractivity contribution < 1.29 is 9.53 Å². The maximum Gasteiger partial charge on any atom is 0.229 e. The van der Waals surface area contributed by atoms with Crippen molar-refractivity contribution in [3.8, 4) is 6.07 Å². The molecule has 0 aromatic carbocycles. The summed E-state index contributed by atoms with van der Waals surface area (Å²) in [5, 5.41) is 9.04. The number of carbonyl (C=O) groups excluding carboxylic acids is 1. The number of ether oxygens (including phenoxy) is 1. The number of nitriles is 1. The summed E-state index contributed by atoms with van der Waals surface area (Å²) in [4.78, 5) is 14.2. The fourth-order valence-corrected chi connectivity index (χ4v) is 3.05. The fraction of sp³-hybridized carbons (Fsp3) is 0.846. The molecule has 0 spiro atoms. The Balaban J connectivity index is 2.12. The highest BCUT2D eigenvalue weighted by Gasteiger charge is 2.45. The fourth-order valence-electron chi connectivity index (χ4n) is 3.05. The largest absolute Gasteiger partial charge is 0.374 e. The highest BCUT2D eigenvalue weighted by atomic mass is 16.5. The summed E-state index contributed by atoms with van der Waals surface area (Å²) in [5.41, 5.74) is 0. The Kier molecular flexibility index (Phi) is 3.39. The molecule has 0 N–H and O–H groups in total. The van der Waals surface area contributed by atoms with Gasteiger partial charge in [-0.25, -0.2) is 0 Å². The minimum absolute atomic E-state index is 0.0348. The number of likely N-dealkylation sites (tertiary alicyclic amines) is 1. The van der Waals surface area contributed by atoms with Crippen LogP contribution in [0.1, 0.15) is 33.6 Å². The van der Waals surface area contributed by atoms with Crippen LogP contribution in [0.2, 0.25) is 0 Å². The molecule has 0 saturated carbocycles. The molecule has 2 heterocycles. The lowest BCUT2D eigenvalue weighted by atomic mass is 9.88. The Hall–Kier alpha value is -1.08. The predicted octanol–water partition coefficient (Wildman–Crippen LogP) is 1.56. The van der Waals surface area contributed by atoms with Gasteiger partial charge in [-0.1, -0.05) is 6.92 Å². The zero-order chi connectivity index (χ0) is 12.6. The van der Waals surface area contributed by atoms with E-state index >= 15 is 0 Å². The first kappa shape index (κ1) is 12.4. The number of rotatable bonds is 1. The molecule has 94 valence electrons. The predicted molar refractivity (Wildman–Crippen MR) is 63.0 cm³/mol. The van der Waals surface area contributed by atoms with Crippen LogP contribution in [0.25, 0.3) is 0 Å². The topological polar surface area (TPSA) is 53.3 Å². The third kappa shape index (κ3) is 2.04. The van der Waals surface area contributed by atoms with Gasteiger partial charge in [0, 0.05) is 6.54 Å². The SMILES string of the molecule is CC1OC(C)C(C(=O)N2CCCC2C#N)C1C. The van der Waals surface area contributed by atoms with Crippen molar-refractivity contribution >= 4 is 5.91 Å². The summed E-state index contributed by atoms with van der Waals surface area (Å²) in [6.07, 6.45) is 1.85. The van der Waals surface area contributed by atoms with Gasteiger partial charge in [-0.05, 0) is 32.6 Å². The van der Waals surface area contributed by atoms with E-state index in [4.69, 9.17) is 10.00 Å². The standard InChI is InChI=1S/C13H20N2O2/c1-8-9(2)17-10(3)12(8)13(16)15-6-4-5-11(15)7-14/h8-12H,4-6H2,1-3H3. The molecule has 2 rings (SSSR count). The summed E-state index contributed by atoms with van der Waals surface area (Å²) in [6.45, 7) is 6.76. The minimum Gasteiger partial charge on any atom is -0.374 e. The molecule has 2 saturated heterocycles. The lowest BCUT2D eigenvalue weighted by molar-refractivity contribution is -0.137. The molecule has 17 heavy (non-hydrogen) atoms. The van der Waals surface area contributed by atoms with E-state index < -0.39 is 0 Å². The smallest absolute Gasteiger partial charge is 0.229 e. The molecule has 1 amide bonds. The Morgan fingerprint density at radius 1 is 1.35 bits per heavy atom. The van der Waals surface area contributed by atoms with Crippen molar-refractivity contribution in [2.75, 3.05) is 6.54 Å². The average molecular weight is 236 g/mol. The molecule has 0 aromatic heterocycles. The van der Waals surface area contributed by atoms with E-state index in [-0.39, 0.29) is 36.0 Å². The van der Waals surface area contributed by atoms with Crippen molar-refractivity contribution in [3.63, 3.8) is 0 Å². The van der Waals surface area contributed by atoms with Gasteiger partial charge in [-0.15, -0.1) is 0 Å². The first-order valence-corrected chi connectivity index (χ1v) is 6.41. The lowest BCUT2D eigenvalue weighted by Crippen LogP contribution is -2.43. The van der Waals surface area contributed by atoms with Crippen molar-refractivity contribution in [3.05, 3.63) is 0 Å². The van der Waals surface area contributed by atoms with Crippen LogP contribution >= 0.6 is 0 Å². The number of nitrogens with zero attached hydrogens (tertiary/aromatic N) is 2. The molecule has 0 bridgehead atoms. The third-order valence-corrected chi connectivity index (χ3v) is 4.21. The van der Waals surface area contributed by atoms with Crippen molar-refractivity contribution in [2.24, 2.45) is 11.8 Å². The second kappa shape index (κ2) is 4.66. The van der Waals surface area contributed by atoms with Gasteiger partial charge >= 0.3 is 0 Å². The van der Waals surface area contributed by atoms with Crippen LogP contribution < -0.4 is 0 Å². The number of amides is 1. The second-order valence-electron chi connectivity index (χ2n) is 5.25. The summed E-state index contributed by atoms with van der Waals surface area (Å²) in [6, 6.07) is 2.00. The Labute approximate surface area is 103 Å². The zero-order valence-corrected chi connectivity index (χ0v) is 10.7. The molecule has 2 fully saturated rings. The number of carbonyl (C=O) groups is 1. The van der Waals surface area contributed by atoms with Gasteiger partial charge in [-0.2, -0.15) is 5.26 Å². The Morgan fingerprint density at radius 3 is 2.59 bits per heavy atom. The van der Waals surface area contributed by atoms with Gasteiger partial charge in [0.1, 0.15) is 6.04 Å². The molecule has 5 atom stereocenters. The van der Waals surface area contributed by atoms with E-state index in [1.807, 2.05) is 13.8 Å².